The largest absolute Gasteiger partial charge is 0.496 e. The molecule has 2 amide bonds. The molecule has 0 aromatic heterocycles. The molecule has 0 unspecified atom stereocenters. The average Bonchev–Trinajstić information content (AvgIpc) is 2.90. The van der Waals surface area contributed by atoms with Crippen molar-refractivity contribution in [1.82, 2.24) is 4.90 Å². The minimum atomic E-state index is -0.500. The first-order valence-corrected chi connectivity index (χ1v) is 9.32. The fourth-order valence-electron chi connectivity index (χ4n) is 2.47. The highest BCUT2D eigenvalue weighted by Gasteiger charge is 2.35. The van der Waals surface area contributed by atoms with Crippen molar-refractivity contribution in [3.8, 4) is 5.75 Å². The Balaban J connectivity index is 1.78. The Morgan fingerprint density at radius 3 is 2.52 bits per heavy atom. The highest BCUT2D eigenvalue weighted by molar-refractivity contribution is 9.10. The Morgan fingerprint density at radius 2 is 1.93 bits per heavy atom. The number of imide groups is 1. The zero-order valence-corrected chi connectivity index (χ0v) is 16.5. The number of benzene rings is 2. The van der Waals surface area contributed by atoms with Crippen LogP contribution in [0, 0.1) is 10.1 Å². The van der Waals surface area contributed by atoms with Crippen molar-refractivity contribution in [3.05, 3.63) is 73.1 Å². The molecule has 2 aromatic rings. The number of methoxy groups -OCH3 is 1. The van der Waals surface area contributed by atoms with Crippen LogP contribution in [0.4, 0.5) is 10.5 Å². The van der Waals surface area contributed by atoms with Gasteiger partial charge in [0.05, 0.1) is 28.0 Å². The number of halogens is 1. The number of nitrogens with zero attached hydrogens (tertiary/aromatic N) is 2. The zero-order valence-electron chi connectivity index (χ0n) is 14.0. The third-order valence-corrected chi connectivity index (χ3v) is 5.36. The van der Waals surface area contributed by atoms with Crippen molar-refractivity contribution in [2.45, 2.75) is 6.54 Å². The summed E-state index contributed by atoms with van der Waals surface area (Å²) in [6.07, 6.45) is 1.64. The second kappa shape index (κ2) is 7.93. The van der Waals surface area contributed by atoms with Gasteiger partial charge in [0.25, 0.3) is 16.8 Å². The second-order valence-electron chi connectivity index (χ2n) is 5.59. The number of hydrogen-bond donors (Lipinski definition) is 0. The van der Waals surface area contributed by atoms with Gasteiger partial charge < -0.3 is 4.74 Å². The van der Waals surface area contributed by atoms with Crippen LogP contribution >= 0.6 is 27.7 Å². The van der Waals surface area contributed by atoms with E-state index in [2.05, 4.69) is 15.9 Å². The molecule has 0 bridgehead atoms. The summed E-state index contributed by atoms with van der Waals surface area (Å²) in [6, 6.07) is 11.1. The highest BCUT2D eigenvalue weighted by atomic mass is 79.9. The summed E-state index contributed by atoms with van der Waals surface area (Å²) in [5.74, 6) is 0.272. The summed E-state index contributed by atoms with van der Waals surface area (Å²) in [4.78, 5) is 36.4. The molecule has 3 rings (SSSR count). The lowest BCUT2D eigenvalue weighted by Crippen LogP contribution is -2.27. The Morgan fingerprint density at radius 1 is 1.22 bits per heavy atom. The van der Waals surface area contributed by atoms with Gasteiger partial charge in [-0.1, -0.05) is 18.2 Å². The molecule has 0 radical (unpaired) electrons. The van der Waals surface area contributed by atoms with Gasteiger partial charge in [-0.2, -0.15) is 0 Å². The number of carbonyl (C=O) groups excluding carboxylic acids is 2. The van der Waals surface area contributed by atoms with Crippen LogP contribution < -0.4 is 4.74 Å². The van der Waals surface area contributed by atoms with Crippen LogP contribution in [0.1, 0.15) is 11.1 Å². The third kappa shape index (κ3) is 4.20. The number of amides is 2. The lowest BCUT2D eigenvalue weighted by atomic mass is 10.2. The van der Waals surface area contributed by atoms with Crippen LogP contribution in [0.2, 0.25) is 0 Å². The van der Waals surface area contributed by atoms with E-state index >= 15 is 0 Å². The fourth-order valence-corrected chi connectivity index (χ4v) is 3.86. The van der Waals surface area contributed by atoms with E-state index in [1.807, 2.05) is 0 Å². The lowest BCUT2D eigenvalue weighted by molar-refractivity contribution is -0.384. The molecular formula is C18H13BrN2O5S. The van der Waals surface area contributed by atoms with Crippen molar-refractivity contribution in [2.24, 2.45) is 0 Å². The molecular weight excluding hydrogens is 436 g/mol. The summed E-state index contributed by atoms with van der Waals surface area (Å²) < 4.78 is 5.91. The van der Waals surface area contributed by atoms with Crippen LogP contribution in [0.25, 0.3) is 6.08 Å². The van der Waals surface area contributed by atoms with Gasteiger partial charge >= 0.3 is 0 Å². The van der Waals surface area contributed by atoms with Crippen molar-refractivity contribution in [2.75, 3.05) is 7.11 Å². The number of thioether (sulfide) groups is 1. The smallest absolute Gasteiger partial charge is 0.293 e. The summed E-state index contributed by atoms with van der Waals surface area (Å²) >= 11 is 4.25. The molecule has 1 aliphatic heterocycles. The van der Waals surface area contributed by atoms with E-state index in [0.717, 1.165) is 26.7 Å². The van der Waals surface area contributed by atoms with E-state index in [9.17, 15) is 19.7 Å². The maximum Gasteiger partial charge on any atom is 0.293 e. The van der Waals surface area contributed by atoms with Crippen LogP contribution in [0.3, 0.4) is 0 Å². The first kappa shape index (κ1) is 19.1. The monoisotopic (exact) mass is 448 g/mol. The summed E-state index contributed by atoms with van der Waals surface area (Å²) in [6.45, 7) is 0.0618. The molecule has 1 heterocycles. The second-order valence-corrected chi connectivity index (χ2v) is 7.43. The van der Waals surface area contributed by atoms with Crippen LogP contribution in [0.5, 0.6) is 5.75 Å². The highest BCUT2D eigenvalue weighted by Crippen LogP contribution is 2.34. The molecule has 0 aliphatic carbocycles. The first-order valence-electron chi connectivity index (χ1n) is 7.71. The van der Waals surface area contributed by atoms with Crippen LogP contribution in [-0.2, 0) is 11.3 Å². The van der Waals surface area contributed by atoms with E-state index in [0.29, 0.717) is 16.2 Å². The van der Waals surface area contributed by atoms with Crippen LogP contribution in [-0.4, -0.2) is 28.1 Å². The van der Waals surface area contributed by atoms with Crippen molar-refractivity contribution in [3.63, 3.8) is 0 Å². The third-order valence-electron chi connectivity index (χ3n) is 3.84. The lowest BCUT2D eigenvalue weighted by Gasteiger charge is -2.12. The summed E-state index contributed by atoms with van der Waals surface area (Å²) in [7, 11) is 1.56. The quantitative estimate of drug-likeness (QED) is 0.377. The standard InChI is InChI=1S/C18H13BrN2O5S/c1-26-15-7-4-12(8-14(15)19)9-16-17(22)20(18(23)27-16)10-11-2-5-13(6-3-11)21(24)25/h2-9H,10H2,1H3. The molecule has 1 saturated heterocycles. The molecule has 1 fully saturated rings. The van der Waals surface area contributed by atoms with E-state index in [1.165, 1.54) is 24.3 Å². The number of rotatable bonds is 5. The topological polar surface area (TPSA) is 89.8 Å². The normalized spacial score (nSPS) is 15.5. The first-order chi connectivity index (χ1) is 12.9. The Bertz CT molecular complexity index is 959. The number of carbonyl (C=O) groups is 2. The van der Waals surface area contributed by atoms with E-state index < -0.39 is 10.8 Å². The number of nitro benzene ring substituents is 1. The predicted octanol–water partition coefficient (Wildman–Crippen LogP) is 4.60. The number of nitro groups is 1. The fraction of sp³-hybridized carbons (Fsp3) is 0.111. The van der Waals surface area contributed by atoms with Gasteiger partial charge in [0, 0.05) is 12.1 Å². The van der Waals surface area contributed by atoms with Crippen molar-refractivity contribution >= 4 is 50.6 Å². The molecule has 7 nitrogen and oxygen atoms in total. The Labute approximate surface area is 167 Å². The van der Waals surface area contributed by atoms with Gasteiger partial charge in [-0.15, -0.1) is 0 Å². The minimum Gasteiger partial charge on any atom is -0.496 e. The van der Waals surface area contributed by atoms with Gasteiger partial charge in [-0.3, -0.25) is 24.6 Å². The molecule has 0 atom stereocenters. The number of non-ortho nitro benzene ring substituents is 1. The Kier molecular flexibility index (Phi) is 5.62. The molecule has 0 N–H and O–H groups in total. The molecule has 0 saturated carbocycles. The molecule has 2 aromatic carbocycles. The molecule has 27 heavy (non-hydrogen) atoms. The average molecular weight is 449 g/mol. The molecule has 1 aliphatic rings. The summed E-state index contributed by atoms with van der Waals surface area (Å²) in [5.41, 5.74) is 1.35. The Hall–Kier alpha value is -2.65. The van der Waals surface area contributed by atoms with Crippen molar-refractivity contribution < 1.29 is 19.2 Å². The number of hydrogen-bond acceptors (Lipinski definition) is 6. The maximum atomic E-state index is 12.6. The SMILES string of the molecule is COc1ccc(C=C2SC(=O)N(Cc3ccc([N+](=O)[O-])cc3)C2=O)cc1Br. The zero-order chi connectivity index (χ0) is 19.6. The van der Waals surface area contributed by atoms with E-state index in [1.54, 1.807) is 31.4 Å². The van der Waals surface area contributed by atoms with E-state index in [4.69, 9.17) is 4.74 Å². The molecule has 138 valence electrons. The van der Waals surface area contributed by atoms with Crippen LogP contribution in [0.15, 0.2) is 51.8 Å². The molecule has 0 spiro atoms. The maximum absolute atomic E-state index is 12.6. The van der Waals surface area contributed by atoms with Gasteiger partial charge in [0.1, 0.15) is 5.75 Å². The van der Waals surface area contributed by atoms with Crippen molar-refractivity contribution in [1.29, 1.82) is 0 Å². The van der Waals surface area contributed by atoms with Gasteiger partial charge in [0.15, 0.2) is 0 Å². The molecule has 9 heteroatoms. The predicted molar refractivity (Wildman–Crippen MR) is 105 cm³/mol. The number of ether oxygens (including phenoxy) is 1. The van der Waals surface area contributed by atoms with Gasteiger partial charge in [0.2, 0.25) is 0 Å². The summed E-state index contributed by atoms with van der Waals surface area (Å²) in [5, 5.41) is 10.3. The van der Waals surface area contributed by atoms with E-state index in [-0.39, 0.29) is 17.5 Å². The van der Waals surface area contributed by atoms with Gasteiger partial charge in [-0.25, -0.2) is 0 Å². The minimum absolute atomic E-state index is 0.0436. The van der Waals surface area contributed by atoms with Gasteiger partial charge in [-0.05, 0) is 57.0 Å².